The van der Waals surface area contributed by atoms with Crippen molar-refractivity contribution < 1.29 is 19.1 Å². The van der Waals surface area contributed by atoms with Crippen molar-refractivity contribution in [3.05, 3.63) is 102 Å². The number of para-hydroxylation sites is 2. The molecule has 0 aliphatic rings. The molecule has 1 heterocycles. The second-order valence-corrected chi connectivity index (χ2v) is 6.61. The van der Waals surface area contributed by atoms with E-state index in [1.54, 1.807) is 35.9 Å². The van der Waals surface area contributed by atoms with E-state index < -0.39 is 11.9 Å². The van der Waals surface area contributed by atoms with Gasteiger partial charge in [-0.2, -0.15) is 5.10 Å². The number of carbonyl (C=O) groups is 2. The highest BCUT2D eigenvalue weighted by Crippen LogP contribution is 2.30. The van der Waals surface area contributed by atoms with Crippen molar-refractivity contribution in [2.24, 2.45) is 0 Å². The molecule has 6 nitrogen and oxygen atoms in total. The standard InChI is InChI=1S/C25H20N2O4/c1-2-30-24(28)21-22(25(29)31-20-16-10-5-11-17-20)26-27(19-14-8-4-9-15-19)23(21)18-12-6-3-7-13-18/h3-17H,2H2,1H3. The van der Waals surface area contributed by atoms with Crippen molar-refractivity contribution in [3.63, 3.8) is 0 Å². The molecule has 0 fully saturated rings. The van der Waals surface area contributed by atoms with E-state index in [2.05, 4.69) is 5.10 Å². The Kier molecular flexibility index (Phi) is 5.89. The Hall–Kier alpha value is -4.19. The summed E-state index contributed by atoms with van der Waals surface area (Å²) in [6.07, 6.45) is 0. The topological polar surface area (TPSA) is 70.4 Å². The fourth-order valence-electron chi connectivity index (χ4n) is 3.22. The monoisotopic (exact) mass is 412 g/mol. The lowest BCUT2D eigenvalue weighted by atomic mass is 10.1. The lowest BCUT2D eigenvalue weighted by Gasteiger charge is -2.10. The third-order valence-corrected chi connectivity index (χ3v) is 4.56. The number of hydrogen-bond acceptors (Lipinski definition) is 5. The number of hydrogen-bond donors (Lipinski definition) is 0. The molecule has 0 spiro atoms. The summed E-state index contributed by atoms with van der Waals surface area (Å²) in [5.74, 6) is -1.01. The van der Waals surface area contributed by atoms with Crippen LogP contribution < -0.4 is 4.74 Å². The molecule has 0 aliphatic carbocycles. The maximum atomic E-state index is 13.1. The summed E-state index contributed by atoms with van der Waals surface area (Å²) >= 11 is 0. The van der Waals surface area contributed by atoms with Gasteiger partial charge in [-0.25, -0.2) is 14.3 Å². The molecule has 0 saturated carbocycles. The van der Waals surface area contributed by atoms with Crippen LogP contribution in [0.25, 0.3) is 16.9 Å². The van der Waals surface area contributed by atoms with Gasteiger partial charge < -0.3 is 9.47 Å². The Bertz CT molecular complexity index is 1190. The van der Waals surface area contributed by atoms with Gasteiger partial charge in [-0.15, -0.1) is 0 Å². The lowest BCUT2D eigenvalue weighted by Crippen LogP contribution is -2.16. The van der Waals surface area contributed by atoms with Crippen LogP contribution in [0.2, 0.25) is 0 Å². The summed E-state index contributed by atoms with van der Waals surface area (Å²) in [4.78, 5) is 26.0. The van der Waals surface area contributed by atoms with E-state index >= 15 is 0 Å². The Balaban J connectivity index is 1.92. The van der Waals surface area contributed by atoms with Crippen molar-refractivity contribution in [1.82, 2.24) is 9.78 Å². The van der Waals surface area contributed by atoms with Gasteiger partial charge in [-0.3, -0.25) is 0 Å². The van der Waals surface area contributed by atoms with E-state index in [4.69, 9.17) is 9.47 Å². The minimum Gasteiger partial charge on any atom is -0.462 e. The fraction of sp³-hybridized carbons (Fsp3) is 0.0800. The predicted octanol–water partition coefficient (Wildman–Crippen LogP) is 4.94. The summed E-state index contributed by atoms with van der Waals surface area (Å²) in [5, 5.41) is 4.50. The Labute approximate surface area is 179 Å². The molecule has 154 valence electrons. The fourth-order valence-corrected chi connectivity index (χ4v) is 3.22. The smallest absolute Gasteiger partial charge is 0.365 e. The van der Waals surface area contributed by atoms with Crippen molar-refractivity contribution in [2.45, 2.75) is 6.92 Å². The number of esters is 2. The van der Waals surface area contributed by atoms with Gasteiger partial charge in [0.1, 0.15) is 11.3 Å². The normalized spacial score (nSPS) is 10.5. The molecule has 0 unspecified atom stereocenters. The first kappa shape index (κ1) is 20.1. The van der Waals surface area contributed by atoms with Crippen molar-refractivity contribution in [3.8, 4) is 22.7 Å². The number of ether oxygens (including phenoxy) is 2. The van der Waals surface area contributed by atoms with Crippen molar-refractivity contribution in [1.29, 1.82) is 0 Å². The summed E-state index contributed by atoms with van der Waals surface area (Å²) in [7, 11) is 0. The van der Waals surface area contributed by atoms with Crippen LogP contribution in [0.1, 0.15) is 27.8 Å². The average Bonchev–Trinajstić information content (AvgIpc) is 3.22. The highest BCUT2D eigenvalue weighted by atomic mass is 16.5. The second-order valence-electron chi connectivity index (χ2n) is 6.61. The van der Waals surface area contributed by atoms with Gasteiger partial charge in [0.25, 0.3) is 0 Å². The highest BCUT2D eigenvalue weighted by Gasteiger charge is 2.31. The van der Waals surface area contributed by atoms with Gasteiger partial charge >= 0.3 is 11.9 Å². The Morgan fingerprint density at radius 2 is 1.39 bits per heavy atom. The lowest BCUT2D eigenvalue weighted by molar-refractivity contribution is 0.0517. The highest BCUT2D eigenvalue weighted by molar-refractivity contribution is 6.07. The largest absolute Gasteiger partial charge is 0.462 e. The van der Waals surface area contributed by atoms with Crippen LogP contribution in [0.4, 0.5) is 0 Å². The maximum Gasteiger partial charge on any atom is 0.365 e. The van der Waals surface area contributed by atoms with Gasteiger partial charge in [0, 0.05) is 5.56 Å². The number of rotatable bonds is 6. The molecule has 6 heteroatoms. The molecule has 0 bridgehead atoms. The van der Waals surface area contributed by atoms with Gasteiger partial charge in [0.05, 0.1) is 18.0 Å². The minimum absolute atomic E-state index is 0.0674. The van der Waals surface area contributed by atoms with Gasteiger partial charge in [-0.1, -0.05) is 66.7 Å². The van der Waals surface area contributed by atoms with Gasteiger partial charge in [0.15, 0.2) is 5.69 Å². The van der Waals surface area contributed by atoms with Crippen LogP contribution in [0.3, 0.4) is 0 Å². The van der Waals surface area contributed by atoms with E-state index in [9.17, 15) is 9.59 Å². The molecular weight excluding hydrogens is 392 g/mol. The van der Waals surface area contributed by atoms with Crippen LogP contribution >= 0.6 is 0 Å². The Morgan fingerprint density at radius 3 is 2.00 bits per heavy atom. The van der Waals surface area contributed by atoms with E-state index in [1.165, 1.54) is 0 Å². The van der Waals surface area contributed by atoms with Crippen LogP contribution in [0.5, 0.6) is 5.75 Å². The van der Waals surface area contributed by atoms with Gasteiger partial charge in [-0.05, 0) is 31.2 Å². The van der Waals surface area contributed by atoms with Gasteiger partial charge in [0.2, 0.25) is 0 Å². The van der Waals surface area contributed by atoms with E-state index in [0.29, 0.717) is 17.1 Å². The van der Waals surface area contributed by atoms with Crippen molar-refractivity contribution in [2.75, 3.05) is 6.61 Å². The third kappa shape index (κ3) is 4.23. The first-order valence-electron chi connectivity index (χ1n) is 9.87. The van der Waals surface area contributed by atoms with E-state index in [0.717, 1.165) is 5.56 Å². The summed E-state index contributed by atoms with van der Waals surface area (Å²) in [5.41, 5.74) is 1.85. The summed E-state index contributed by atoms with van der Waals surface area (Å²) in [6, 6.07) is 27.2. The molecule has 0 atom stereocenters. The molecule has 0 radical (unpaired) electrons. The number of carbonyl (C=O) groups excluding carboxylic acids is 2. The number of aromatic nitrogens is 2. The molecule has 0 aliphatic heterocycles. The zero-order chi connectivity index (χ0) is 21.6. The molecule has 0 N–H and O–H groups in total. The van der Waals surface area contributed by atoms with Crippen LogP contribution in [-0.2, 0) is 4.74 Å². The summed E-state index contributed by atoms with van der Waals surface area (Å²) < 4.78 is 12.3. The van der Waals surface area contributed by atoms with E-state index in [-0.39, 0.29) is 17.9 Å². The first-order chi connectivity index (χ1) is 15.2. The Morgan fingerprint density at radius 1 is 0.806 bits per heavy atom. The molecule has 1 aromatic heterocycles. The SMILES string of the molecule is CCOC(=O)c1c(C(=O)Oc2ccccc2)nn(-c2ccccc2)c1-c1ccccc1. The van der Waals surface area contributed by atoms with E-state index in [1.807, 2.05) is 66.7 Å². The molecule has 0 amide bonds. The molecule has 3 aromatic carbocycles. The quantitative estimate of drug-likeness (QED) is 0.332. The minimum atomic E-state index is -0.735. The number of benzene rings is 3. The van der Waals surface area contributed by atoms with Crippen LogP contribution in [-0.4, -0.2) is 28.3 Å². The van der Waals surface area contributed by atoms with Crippen LogP contribution in [0, 0.1) is 0 Å². The maximum absolute atomic E-state index is 13.1. The number of nitrogens with zero attached hydrogens (tertiary/aromatic N) is 2. The molecule has 4 rings (SSSR count). The zero-order valence-electron chi connectivity index (χ0n) is 16.9. The third-order valence-electron chi connectivity index (χ3n) is 4.56. The molecular formula is C25H20N2O4. The molecule has 0 saturated heterocycles. The zero-order valence-corrected chi connectivity index (χ0v) is 16.9. The predicted molar refractivity (Wildman–Crippen MR) is 116 cm³/mol. The van der Waals surface area contributed by atoms with Crippen molar-refractivity contribution >= 4 is 11.9 Å². The van der Waals surface area contributed by atoms with Crippen LogP contribution in [0.15, 0.2) is 91.0 Å². The average molecular weight is 412 g/mol. The second kappa shape index (κ2) is 9.09. The molecule has 31 heavy (non-hydrogen) atoms. The molecule has 4 aromatic rings. The first-order valence-corrected chi connectivity index (χ1v) is 9.87. The summed E-state index contributed by atoms with van der Waals surface area (Å²) in [6.45, 7) is 1.88.